The van der Waals surface area contributed by atoms with E-state index in [4.69, 9.17) is 27.9 Å². The number of morpholine rings is 1. The average Bonchev–Trinajstić information content (AvgIpc) is 2.74. The van der Waals surface area contributed by atoms with Gasteiger partial charge in [-0.25, -0.2) is 8.42 Å². The number of carbonyl (C=O) groups excluding carboxylic acids is 1. The van der Waals surface area contributed by atoms with Crippen LogP contribution in [0.15, 0.2) is 59.5 Å². The fourth-order valence-corrected chi connectivity index (χ4v) is 5.59. The van der Waals surface area contributed by atoms with Gasteiger partial charge in [0.1, 0.15) is 4.90 Å². The highest BCUT2D eigenvalue weighted by atomic mass is 35.5. The first-order chi connectivity index (χ1) is 14.4. The molecular formula is C21H18Cl2N2O4S. The van der Waals surface area contributed by atoms with Gasteiger partial charge in [0, 0.05) is 24.2 Å². The van der Waals surface area contributed by atoms with E-state index in [0.717, 1.165) is 10.8 Å². The van der Waals surface area contributed by atoms with Gasteiger partial charge in [-0.05, 0) is 23.6 Å². The molecule has 1 saturated heterocycles. The number of carbonyl (C=O) groups is 1. The molecule has 0 atom stereocenters. The summed E-state index contributed by atoms with van der Waals surface area (Å²) in [7, 11) is -3.89. The van der Waals surface area contributed by atoms with Gasteiger partial charge in [0.15, 0.2) is 0 Å². The minimum atomic E-state index is -3.89. The second kappa shape index (κ2) is 8.53. The summed E-state index contributed by atoms with van der Waals surface area (Å²) in [6.45, 7) is 1.05. The standard InChI is InChI=1S/C21H18Cl2N2O4S/c22-17-13-18(23)20(30(27,28)25-8-10-29-11-9-25)12-16(17)21(26)24-19-7-3-5-14-4-1-2-6-15(14)19/h1-7,12-13H,8-11H2,(H,24,26). The summed E-state index contributed by atoms with van der Waals surface area (Å²) in [5.41, 5.74) is 0.627. The van der Waals surface area contributed by atoms with E-state index in [1.807, 2.05) is 36.4 Å². The smallest absolute Gasteiger partial charge is 0.257 e. The number of hydrogen-bond donors (Lipinski definition) is 1. The third-order valence-electron chi connectivity index (χ3n) is 4.89. The highest BCUT2D eigenvalue weighted by molar-refractivity contribution is 7.89. The third kappa shape index (κ3) is 4.04. The van der Waals surface area contributed by atoms with Gasteiger partial charge in [-0.2, -0.15) is 4.31 Å². The Hall–Kier alpha value is -2.16. The van der Waals surface area contributed by atoms with Crippen LogP contribution < -0.4 is 5.32 Å². The molecule has 0 bridgehead atoms. The highest BCUT2D eigenvalue weighted by Gasteiger charge is 2.30. The Morgan fingerprint density at radius 2 is 1.67 bits per heavy atom. The largest absolute Gasteiger partial charge is 0.379 e. The molecule has 3 aromatic rings. The molecule has 4 rings (SSSR count). The fourth-order valence-electron chi connectivity index (χ4n) is 3.35. The number of fused-ring (bicyclic) bond motifs is 1. The SMILES string of the molecule is O=C(Nc1cccc2ccccc12)c1cc(S(=O)(=O)N2CCOCC2)c(Cl)cc1Cl. The van der Waals surface area contributed by atoms with Gasteiger partial charge in [-0.15, -0.1) is 0 Å². The van der Waals surface area contributed by atoms with Crippen molar-refractivity contribution in [2.45, 2.75) is 4.90 Å². The van der Waals surface area contributed by atoms with Gasteiger partial charge in [-0.3, -0.25) is 4.79 Å². The zero-order valence-electron chi connectivity index (χ0n) is 15.8. The van der Waals surface area contributed by atoms with E-state index >= 15 is 0 Å². The van der Waals surface area contributed by atoms with Crippen LogP contribution in [-0.2, 0) is 14.8 Å². The topological polar surface area (TPSA) is 75.7 Å². The minimum absolute atomic E-state index is 0.0286. The Kier molecular flexibility index (Phi) is 5.99. The Bertz CT molecular complexity index is 1220. The summed E-state index contributed by atoms with van der Waals surface area (Å²) in [4.78, 5) is 12.8. The highest BCUT2D eigenvalue weighted by Crippen LogP contribution is 2.32. The van der Waals surface area contributed by atoms with Crippen molar-refractivity contribution in [2.24, 2.45) is 0 Å². The first-order valence-electron chi connectivity index (χ1n) is 9.24. The summed E-state index contributed by atoms with van der Waals surface area (Å²) in [5, 5.41) is 4.69. The molecule has 1 amide bonds. The molecule has 6 nitrogen and oxygen atoms in total. The van der Waals surface area contributed by atoms with Crippen LogP contribution in [0.2, 0.25) is 10.0 Å². The summed E-state index contributed by atoms with van der Waals surface area (Å²) in [6, 6.07) is 15.7. The number of nitrogens with zero attached hydrogens (tertiary/aromatic N) is 1. The molecule has 0 saturated carbocycles. The van der Waals surface area contributed by atoms with Crippen molar-refractivity contribution < 1.29 is 17.9 Å². The minimum Gasteiger partial charge on any atom is -0.379 e. The van der Waals surface area contributed by atoms with Crippen LogP contribution in [0, 0.1) is 0 Å². The van der Waals surface area contributed by atoms with Gasteiger partial charge in [0.2, 0.25) is 10.0 Å². The number of anilines is 1. The Labute approximate surface area is 184 Å². The molecule has 1 heterocycles. The molecule has 0 aromatic heterocycles. The van der Waals surface area contributed by atoms with Crippen LogP contribution in [0.4, 0.5) is 5.69 Å². The Morgan fingerprint density at radius 3 is 2.43 bits per heavy atom. The second-order valence-electron chi connectivity index (χ2n) is 6.76. The molecule has 1 fully saturated rings. The summed E-state index contributed by atoms with van der Waals surface area (Å²) < 4.78 is 32.6. The van der Waals surface area contributed by atoms with Gasteiger partial charge < -0.3 is 10.1 Å². The molecule has 156 valence electrons. The average molecular weight is 465 g/mol. The zero-order chi connectivity index (χ0) is 21.3. The number of ether oxygens (including phenoxy) is 1. The van der Waals surface area contributed by atoms with E-state index in [-0.39, 0.29) is 33.6 Å². The van der Waals surface area contributed by atoms with Gasteiger partial charge in [0.25, 0.3) is 5.91 Å². The third-order valence-corrected chi connectivity index (χ3v) is 7.57. The van der Waals surface area contributed by atoms with Gasteiger partial charge in [-0.1, -0.05) is 59.6 Å². The lowest BCUT2D eigenvalue weighted by Crippen LogP contribution is -2.40. The molecule has 0 aliphatic carbocycles. The zero-order valence-corrected chi connectivity index (χ0v) is 18.1. The molecule has 0 radical (unpaired) electrons. The maximum atomic E-state index is 13.0. The van der Waals surface area contributed by atoms with E-state index in [9.17, 15) is 13.2 Å². The van der Waals surface area contributed by atoms with Gasteiger partial charge in [0.05, 0.1) is 28.8 Å². The van der Waals surface area contributed by atoms with Crippen molar-refractivity contribution in [1.82, 2.24) is 4.31 Å². The molecule has 0 unspecified atom stereocenters. The lowest BCUT2D eigenvalue weighted by molar-refractivity contribution is 0.0730. The molecule has 1 aliphatic heterocycles. The van der Waals surface area contributed by atoms with Crippen molar-refractivity contribution in [2.75, 3.05) is 31.6 Å². The lowest BCUT2D eigenvalue weighted by atomic mass is 10.1. The Balaban J connectivity index is 1.70. The molecule has 3 aromatic carbocycles. The first-order valence-corrected chi connectivity index (χ1v) is 11.4. The van der Waals surface area contributed by atoms with Crippen molar-refractivity contribution in [3.05, 3.63) is 70.2 Å². The maximum Gasteiger partial charge on any atom is 0.257 e. The van der Waals surface area contributed by atoms with E-state index in [1.165, 1.54) is 16.4 Å². The Morgan fingerprint density at radius 1 is 0.967 bits per heavy atom. The van der Waals surface area contributed by atoms with Crippen LogP contribution >= 0.6 is 23.2 Å². The molecule has 9 heteroatoms. The fraction of sp³-hybridized carbons (Fsp3) is 0.190. The number of rotatable bonds is 4. The van der Waals surface area contributed by atoms with Crippen LogP contribution in [0.5, 0.6) is 0 Å². The van der Waals surface area contributed by atoms with E-state index in [1.54, 1.807) is 6.07 Å². The second-order valence-corrected chi connectivity index (χ2v) is 9.48. The molecular weight excluding hydrogens is 447 g/mol. The van der Waals surface area contributed by atoms with Crippen LogP contribution in [0.3, 0.4) is 0 Å². The number of halogens is 2. The van der Waals surface area contributed by atoms with Crippen LogP contribution in [0.25, 0.3) is 10.8 Å². The molecule has 1 aliphatic rings. The summed E-state index contributed by atoms with van der Waals surface area (Å²) in [5.74, 6) is -0.522. The van der Waals surface area contributed by atoms with Crippen molar-refractivity contribution in [3.63, 3.8) is 0 Å². The lowest BCUT2D eigenvalue weighted by Gasteiger charge is -2.26. The number of amides is 1. The van der Waals surface area contributed by atoms with Gasteiger partial charge >= 0.3 is 0 Å². The molecule has 1 N–H and O–H groups in total. The van der Waals surface area contributed by atoms with Crippen molar-refractivity contribution in [1.29, 1.82) is 0 Å². The number of sulfonamides is 1. The molecule has 0 spiro atoms. The first kappa shape index (κ1) is 21.1. The monoisotopic (exact) mass is 464 g/mol. The quantitative estimate of drug-likeness (QED) is 0.619. The number of hydrogen-bond acceptors (Lipinski definition) is 4. The predicted octanol–water partition coefficient (Wildman–Crippen LogP) is 4.42. The van der Waals surface area contributed by atoms with E-state index in [0.29, 0.717) is 18.9 Å². The normalized spacial score (nSPS) is 15.3. The van der Waals surface area contributed by atoms with E-state index < -0.39 is 15.9 Å². The summed E-state index contributed by atoms with van der Waals surface area (Å²) in [6.07, 6.45) is 0. The van der Waals surface area contributed by atoms with Crippen LogP contribution in [0.1, 0.15) is 10.4 Å². The van der Waals surface area contributed by atoms with Crippen molar-refractivity contribution >= 4 is 55.6 Å². The van der Waals surface area contributed by atoms with E-state index in [2.05, 4.69) is 5.32 Å². The van der Waals surface area contributed by atoms with Crippen LogP contribution in [-0.4, -0.2) is 44.9 Å². The summed E-state index contributed by atoms with van der Waals surface area (Å²) >= 11 is 12.4. The number of benzene rings is 3. The molecule has 30 heavy (non-hydrogen) atoms. The maximum absolute atomic E-state index is 13.0. The van der Waals surface area contributed by atoms with Crippen molar-refractivity contribution in [3.8, 4) is 0 Å². The number of nitrogens with one attached hydrogen (secondary N) is 1. The predicted molar refractivity (Wildman–Crippen MR) is 118 cm³/mol.